The zero-order valence-corrected chi connectivity index (χ0v) is 11.0. The van der Waals surface area contributed by atoms with Crippen molar-refractivity contribution in [2.45, 2.75) is 25.9 Å². The Balaban J connectivity index is 2.40. The van der Waals surface area contributed by atoms with Gasteiger partial charge in [-0.15, -0.1) is 0 Å². The maximum absolute atomic E-state index is 12.2. The smallest absolute Gasteiger partial charge is 0.279 e. The van der Waals surface area contributed by atoms with Gasteiger partial charge in [-0.1, -0.05) is 6.92 Å². The minimum atomic E-state index is -0.0686. The van der Waals surface area contributed by atoms with Gasteiger partial charge in [-0.05, 0) is 32.6 Å². The molecule has 2 aromatic heterocycles. The lowest BCUT2D eigenvalue weighted by atomic mass is 10.2. The minimum Gasteiger partial charge on any atom is -0.305 e. The number of aromatic nitrogens is 3. The fraction of sp³-hybridized carbons (Fsp3) is 0.462. The van der Waals surface area contributed by atoms with Crippen LogP contribution in [0.1, 0.15) is 13.3 Å². The monoisotopic (exact) mass is 246 g/mol. The molecule has 18 heavy (non-hydrogen) atoms. The lowest BCUT2D eigenvalue weighted by molar-refractivity contribution is 0.255. The molecule has 0 spiro atoms. The van der Waals surface area contributed by atoms with Gasteiger partial charge in [0.05, 0.1) is 11.8 Å². The van der Waals surface area contributed by atoms with Crippen LogP contribution >= 0.6 is 0 Å². The Kier molecular flexibility index (Phi) is 3.72. The Morgan fingerprint density at radius 1 is 1.39 bits per heavy atom. The third-order valence-electron chi connectivity index (χ3n) is 3.20. The Bertz CT molecular complexity index is 591. The average molecular weight is 246 g/mol. The maximum atomic E-state index is 12.2. The van der Waals surface area contributed by atoms with Crippen LogP contribution in [0.2, 0.25) is 0 Å². The molecule has 0 saturated heterocycles. The molecule has 0 saturated carbocycles. The van der Waals surface area contributed by atoms with Crippen LogP contribution in [0.15, 0.2) is 29.5 Å². The van der Waals surface area contributed by atoms with Crippen LogP contribution in [-0.4, -0.2) is 39.6 Å². The van der Waals surface area contributed by atoms with Crippen molar-refractivity contribution in [2.75, 3.05) is 14.1 Å². The van der Waals surface area contributed by atoms with Crippen molar-refractivity contribution < 1.29 is 0 Å². The molecule has 0 aromatic carbocycles. The average Bonchev–Trinajstić information content (AvgIpc) is 2.38. The van der Waals surface area contributed by atoms with E-state index in [9.17, 15) is 4.79 Å². The van der Waals surface area contributed by atoms with E-state index in [-0.39, 0.29) is 5.56 Å². The quantitative estimate of drug-likeness (QED) is 0.811. The van der Waals surface area contributed by atoms with Crippen molar-refractivity contribution in [1.82, 2.24) is 19.4 Å². The molecule has 0 bridgehead atoms. The largest absolute Gasteiger partial charge is 0.305 e. The number of fused-ring (bicyclic) bond motifs is 1. The highest BCUT2D eigenvalue weighted by Crippen LogP contribution is 2.04. The predicted octanol–water partition coefficient (Wildman–Crippen LogP) is 1.13. The Morgan fingerprint density at radius 2 is 2.17 bits per heavy atom. The summed E-state index contributed by atoms with van der Waals surface area (Å²) in [5.74, 6) is 0. The number of rotatable bonds is 4. The van der Waals surface area contributed by atoms with Gasteiger partial charge in [0, 0.05) is 18.8 Å². The summed E-state index contributed by atoms with van der Waals surface area (Å²) in [7, 11) is 4.04. The Hall–Kier alpha value is -1.75. The molecule has 2 heterocycles. The molecule has 0 amide bonds. The molecule has 1 unspecified atom stereocenters. The minimum absolute atomic E-state index is 0.0686. The van der Waals surface area contributed by atoms with E-state index in [2.05, 4.69) is 21.8 Å². The first-order valence-corrected chi connectivity index (χ1v) is 6.10. The fourth-order valence-corrected chi connectivity index (χ4v) is 2.00. The molecule has 2 aromatic rings. The van der Waals surface area contributed by atoms with Crippen LogP contribution < -0.4 is 5.56 Å². The highest BCUT2D eigenvalue weighted by molar-refractivity contribution is 5.71. The summed E-state index contributed by atoms with van der Waals surface area (Å²) in [4.78, 5) is 22.7. The standard InChI is InChI=1S/C13H18N4O/c1-4-10(16(2)3)8-17-9-15-11-6-5-7-14-12(11)13(17)18/h5-7,9-10H,4,8H2,1-3H3. The first-order valence-electron chi connectivity index (χ1n) is 6.10. The zero-order valence-electron chi connectivity index (χ0n) is 11.0. The molecule has 0 aliphatic heterocycles. The van der Waals surface area contributed by atoms with E-state index in [0.717, 1.165) is 6.42 Å². The molecule has 0 fully saturated rings. The summed E-state index contributed by atoms with van der Waals surface area (Å²) in [6.45, 7) is 2.75. The third-order valence-corrected chi connectivity index (χ3v) is 3.20. The molecule has 0 aliphatic rings. The molecule has 5 heteroatoms. The van der Waals surface area contributed by atoms with Crippen LogP contribution in [0.3, 0.4) is 0 Å². The first-order chi connectivity index (χ1) is 8.63. The molecule has 0 aliphatic carbocycles. The van der Waals surface area contributed by atoms with Crippen molar-refractivity contribution in [3.05, 3.63) is 35.0 Å². The van der Waals surface area contributed by atoms with E-state index in [1.165, 1.54) is 0 Å². The Labute approximate surface area is 106 Å². The number of hydrogen-bond donors (Lipinski definition) is 0. The van der Waals surface area contributed by atoms with Gasteiger partial charge >= 0.3 is 0 Å². The lowest BCUT2D eigenvalue weighted by Gasteiger charge is -2.23. The second kappa shape index (κ2) is 5.27. The van der Waals surface area contributed by atoms with Gasteiger partial charge in [0.25, 0.3) is 5.56 Å². The van der Waals surface area contributed by atoms with Crippen LogP contribution in [0.25, 0.3) is 11.0 Å². The molecule has 2 rings (SSSR count). The maximum Gasteiger partial charge on any atom is 0.279 e. The van der Waals surface area contributed by atoms with Gasteiger partial charge in [-0.2, -0.15) is 0 Å². The molecule has 0 N–H and O–H groups in total. The van der Waals surface area contributed by atoms with Gasteiger partial charge in [0.1, 0.15) is 0 Å². The SMILES string of the molecule is CCC(Cn1cnc2cccnc2c1=O)N(C)C. The van der Waals surface area contributed by atoms with Gasteiger partial charge in [-0.25, -0.2) is 9.97 Å². The number of pyridine rings is 1. The second-order valence-electron chi connectivity index (χ2n) is 4.60. The molecular formula is C13H18N4O. The van der Waals surface area contributed by atoms with Crippen LogP contribution in [0, 0.1) is 0 Å². The lowest BCUT2D eigenvalue weighted by Crippen LogP contribution is -2.35. The van der Waals surface area contributed by atoms with Crippen molar-refractivity contribution in [1.29, 1.82) is 0 Å². The summed E-state index contributed by atoms with van der Waals surface area (Å²) in [5.41, 5.74) is 1.02. The van der Waals surface area contributed by atoms with Crippen LogP contribution in [-0.2, 0) is 6.54 Å². The summed E-state index contributed by atoms with van der Waals surface area (Å²) >= 11 is 0. The topological polar surface area (TPSA) is 51.0 Å². The first kappa shape index (κ1) is 12.7. The predicted molar refractivity (Wildman–Crippen MR) is 71.6 cm³/mol. The molecule has 1 atom stereocenters. The van der Waals surface area contributed by atoms with Gasteiger partial charge in [0.15, 0.2) is 5.52 Å². The van der Waals surface area contributed by atoms with E-state index in [0.29, 0.717) is 23.6 Å². The summed E-state index contributed by atoms with van der Waals surface area (Å²) in [5, 5.41) is 0. The molecule has 5 nitrogen and oxygen atoms in total. The third kappa shape index (κ3) is 2.41. The van der Waals surface area contributed by atoms with E-state index in [1.807, 2.05) is 14.1 Å². The Morgan fingerprint density at radius 3 is 2.83 bits per heavy atom. The van der Waals surface area contributed by atoms with Crippen LogP contribution in [0.4, 0.5) is 0 Å². The van der Waals surface area contributed by atoms with E-state index < -0.39 is 0 Å². The highest BCUT2D eigenvalue weighted by atomic mass is 16.1. The van der Waals surface area contributed by atoms with E-state index in [4.69, 9.17) is 0 Å². The van der Waals surface area contributed by atoms with Gasteiger partial charge < -0.3 is 4.90 Å². The van der Waals surface area contributed by atoms with Crippen molar-refractivity contribution in [3.8, 4) is 0 Å². The normalized spacial score (nSPS) is 13.1. The van der Waals surface area contributed by atoms with Crippen molar-refractivity contribution >= 4 is 11.0 Å². The van der Waals surface area contributed by atoms with Crippen LogP contribution in [0.5, 0.6) is 0 Å². The van der Waals surface area contributed by atoms with Crippen molar-refractivity contribution in [2.24, 2.45) is 0 Å². The summed E-state index contributed by atoms with van der Waals surface area (Å²) in [6.07, 6.45) is 4.22. The van der Waals surface area contributed by atoms with Gasteiger partial charge in [0.2, 0.25) is 0 Å². The number of likely N-dealkylation sites (N-methyl/N-ethyl adjacent to an activating group) is 1. The second-order valence-corrected chi connectivity index (χ2v) is 4.60. The number of nitrogens with zero attached hydrogens (tertiary/aromatic N) is 4. The van der Waals surface area contributed by atoms with Gasteiger partial charge in [-0.3, -0.25) is 9.36 Å². The van der Waals surface area contributed by atoms with E-state index in [1.54, 1.807) is 29.2 Å². The fourth-order valence-electron chi connectivity index (χ4n) is 2.00. The van der Waals surface area contributed by atoms with E-state index >= 15 is 0 Å². The molecule has 96 valence electrons. The number of hydrogen-bond acceptors (Lipinski definition) is 4. The molecule has 0 radical (unpaired) electrons. The van der Waals surface area contributed by atoms with Crippen molar-refractivity contribution in [3.63, 3.8) is 0 Å². The molecular weight excluding hydrogens is 228 g/mol. The zero-order chi connectivity index (χ0) is 13.1. The highest BCUT2D eigenvalue weighted by Gasteiger charge is 2.12. The summed E-state index contributed by atoms with van der Waals surface area (Å²) in [6, 6.07) is 3.91. The summed E-state index contributed by atoms with van der Waals surface area (Å²) < 4.78 is 1.64.